The number of alkyl halides is 3. The molecule has 11 heteroatoms. The van der Waals surface area contributed by atoms with Crippen molar-refractivity contribution in [3.8, 4) is 5.82 Å². The minimum atomic E-state index is -4.51. The average molecular weight is 568 g/mol. The number of benzene rings is 3. The summed E-state index contributed by atoms with van der Waals surface area (Å²) in [4.78, 5) is 16.2. The van der Waals surface area contributed by atoms with Gasteiger partial charge in [0.2, 0.25) is 0 Å². The Morgan fingerprint density at radius 1 is 0.857 bits per heavy atom. The number of para-hydroxylation sites is 2. The number of anilines is 2. The minimum Gasteiger partial charge on any atom is -0.337 e. The van der Waals surface area contributed by atoms with Crippen molar-refractivity contribution in [1.29, 1.82) is 0 Å². The van der Waals surface area contributed by atoms with Crippen molar-refractivity contribution in [2.45, 2.75) is 19.1 Å². The first-order valence-corrected chi connectivity index (χ1v) is 13.0. The topological polar surface area (TPSA) is 70.7 Å². The molecule has 0 saturated carbocycles. The van der Waals surface area contributed by atoms with Crippen LogP contribution in [0.5, 0.6) is 0 Å². The molecule has 0 fully saturated rings. The minimum absolute atomic E-state index is 0.198. The summed E-state index contributed by atoms with van der Waals surface area (Å²) in [6.45, 7) is 1.88. The second kappa shape index (κ2) is 9.65. The molecule has 0 amide bonds. The normalized spacial score (nSPS) is 15.7. The van der Waals surface area contributed by atoms with Crippen LogP contribution in [0.15, 0.2) is 107 Å². The van der Waals surface area contributed by atoms with E-state index in [1.54, 1.807) is 35.1 Å². The second-order valence-corrected chi connectivity index (χ2v) is 9.83. The van der Waals surface area contributed by atoms with Gasteiger partial charge in [0.25, 0.3) is 0 Å². The highest BCUT2D eigenvalue weighted by molar-refractivity contribution is 6.51. The molecule has 0 radical (unpaired) electrons. The molecule has 0 bridgehead atoms. The third-order valence-electron chi connectivity index (χ3n) is 7.14. The zero-order chi connectivity index (χ0) is 29.0. The van der Waals surface area contributed by atoms with E-state index >= 15 is 0 Å². The first-order valence-electron chi connectivity index (χ1n) is 13.0. The van der Waals surface area contributed by atoms with E-state index in [0.717, 1.165) is 28.9 Å². The van der Waals surface area contributed by atoms with Crippen LogP contribution in [0.3, 0.4) is 0 Å². The number of aromatic nitrogens is 3. The lowest BCUT2D eigenvalue weighted by Crippen LogP contribution is -2.46. The summed E-state index contributed by atoms with van der Waals surface area (Å²) in [6.07, 6.45) is -2.86. The quantitative estimate of drug-likeness (QED) is 0.229. The van der Waals surface area contributed by atoms with Crippen molar-refractivity contribution in [3.63, 3.8) is 0 Å². The Hall–Kier alpha value is -5.32. The molecule has 1 atom stereocenters. The fraction of sp³-hybridized carbons (Fsp3) is 0.0968. The van der Waals surface area contributed by atoms with Gasteiger partial charge < -0.3 is 10.2 Å². The van der Waals surface area contributed by atoms with Gasteiger partial charge in [0.15, 0.2) is 23.3 Å². The molecule has 5 aromatic rings. The summed E-state index contributed by atoms with van der Waals surface area (Å²) in [5, 5.41) is 7.86. The van der Waals surface area contributed by atoms with Gasteiger partial charge in [-0.3, -0.25) is 0 Å². The predicted octanol–water partition coefficient (Wildman–Crippen LogP) is 7.53. The molecule has 2 aliphatic heterocycles. The summed E-state index contributed by atoms with van der Waals surface area (Å²) < 4.78 is 56.3. The number of halogens is 4. The van der Waals surface area contributed by atoms with Crippen LogP contribution in [0.1, 0.15) is 28.4 Å². The molecule has 7 nitrogen and oxygen atoms in total. The van der Waals surface area contributed by atoms with Crippen molar-refractivity contribution in [1.82, 2.24) is 14.8 Å². The summed E-state index contributed by atoms with van der Waals surface area (Å²) >= 11 is 0. The van der Waals surface area contributed by atoms with Crippen LogP contribution in [0.2, 0.25) is 0 Å². The van der Waals surface area contributed by atoms with E-state index in [1.165, 1.54) is 24.3 Å². The maximum atomic E-state index is 14.1. The lowest BCUT2D eigenvalue weighted by atomic mass is 9.93. The Kier molecular flexibility index (Phi) is 5.89. The highest BCUT2D eigenvalue weighted by Crippen LogP contribution is 2.48. The second-order valence-electron chi connectivity index (χ2n) is 9.83. The molecule has 42 heavy (non-hydrogen) atoms. The molecule has 2 aromatic heterocycles. The van der Waals surface area contributed by atoms with Crippen LogP contribution < -0.4 is 10.2 Å². The third-order valence-corrected chi connectivity index (χ3v) is 7.14. The van der Waals surface area contributed by atoms with Gasteiger partial charge in [0.05, 0.1) is 28.7 Å². The van der Waals surface area contributed by atoms with Gasteiger partial charge in [-0.2, -0.15) is 23.0 Å². The number of pyridine rings is 1. The van der Waals surface area contributed by atoms with Crippen molar-refractivity contribution >= 4 is 34.6 Å². The number of fused-ring (bicyclic) bond motifs is 4. The number of hydrogen-bond donors (Lipinski definition) is 1. The molecular formula is C31H21F4N7. The molecule has 208 valence electrons. The van der Waals surface area contributed by atoms with E-state index in [9.17, 15) is 17.6 Å². The fourth-order valence-electron chi connectivity index (χ4n) is 5.31. The molecule has 0 aliphatic carbocycles. The van der Waals surface area contributed by atoms with E-state index in [1.807, 2.05) is 42.2 Å². The number of hydrogen-bond acceptors (Lipinski definition) is 6. The lowest BCUT2D eigenvalue weighted by molar-refractivity contribution is -0.137. The molecule has 4 heterocycles. The number of aliphatic imine (C=N–C) groups is 2. The van der Waals surface area contributed by atoms with Crippen LogP contribution >= 0.6 is 0 Å². The number of aryl methyl sites for hydroxylation is 1. The molecule has 0 spiro atoms. The monoisotopic (exact) mass is 567 g/mol. The largest absolute Gasteiger partial charge is 0.416 e. The van der Waals surface area contributed by atoms with Crippen LogP contribution in [0, 0.1) is 12.7 Å². The van der Waals surface area contributed by atoms with Crippen LogP contribution in [-0.2, 0) is 6.18 Å². The van der Waals surface area contributed by atoms with Gasteiger partial charge in [-0.15, -0.1) is 0 Å². The smallest absolute Gasteiger partial charge is 0.337 e. The Labute approximate surface area is 237 Å². The van der Waals surface area contributed by atoms with Gasteiger partial charge in [-0.25, -0.2) is 19.4 Å². The van der Waals surface area contributed by atoms with E-state index < -0.39 is 17.8 Å². The predicted molar refractivity (Wildman–Crippen MR) is 153 cm³/mol. The van der Waals surface area contributed by atoms with Crippen molar-refractivity contribution in [2.75, 3.05) is 10.2 Å². The molecule has 1 unspecified atom stereocenters. The summed E-state index contributed by atoms with van der Waals surface area (Å²) in [6, 6.07) is 23.5. The van der Waals surface area contributed by atoms with Gasteiger partial charge in [-0.1, -0.05) is 36.4 Å². The first kappa shape index (κ1) is 25.6. The van der Waals surface area contributed by atoms with Crippen molar-refractivity contribution in [3.05, 3.63) is 125 Å². The zero-order valence-electron chi connectivity index (χ0n) is 22.0. The van der Waals surface area contributed by atoms with Gasteiger partial charge in [0.1, 0.15) is 5.82 Å². The average Bonchev–Trinajstić information content (AvgIpc) is 3.33. The number of nitrogens with one attached hydrogen (secondary N) is 1. The van der Waals surface area contributed by atoms with E-state index in [-0.39, 0.29) is 17.3 Å². The first-order chi connectivity index (χ1) is 20.3. The molecule has 1 N–H and O–H groups in total. The maximum Gasteiger partial charge on any atom is 0.416 e. The molecular weight excluding hydrogens is 546 g/mol. The number of amidine groups is 2. The van der Waals surface area contributed by atoms with Gasteiger partial charge >= 0.3 is 6.18 Å². The van der Waals surface area contributed by atoms with Crippen LogP contribution in [0.4, 0.5) is 40.4 Å². The van der Waals surface area contributed by atoms with Crippen LogP contribution in [-0.4, -0.2) is 26.4 Å². The Morgan fingerprint density at radius 3 is 2.40 bits per heavy atom. The zero-order valence-corrected chi connectivity index (χ0v) is 22.0. The standard InChI is InChI=1S/C31H21F4N7/c1-18-26-27(19-12-14-21(32)15-13-19)41-24-10-3-2-9-23(24)38-28(37-22-8-6-7-20(17-22)31(33,34)35)30(41)39-29(26)42(40-18)25-11-4-5-16-36-25/h2-17,27H,1H3,(H,37,38). The molecule has 3 aromatic carbocycles. The summed E-state index contributed by atoms with van der Waals surface area (Å²) in [5.41, 5.74) is 2.98. The summed E-state index contributed by atoms with van der Waals surface area (Å²) in [7, 11) is 0. The van der Waals surface area contributed by atoms with Gasteiger partial charge in [-0.05, 0) is 67.1 Å². The number of nitrogens with zero attached hydrogens (tertiary/aromatic N) is 6. The summed E-state index contributed by atoms with van der Waals surface area (Å²) in [5.74, 6) is 1.27. The lowest BCUT2D eigenvalue weighted by Gasteiger charge is -2.40. The molecule has 0 saturated heterocycles. The van der Waals surface area contributed by atoms with Crippen LogP contribution in [0.25, 0.3) is 5.82 Å². The van der Waals surface area contributed by atoms with Crippen molar-refractivity contribution < 1.29 is 17.6 Å². The maximum absolute atomic E-state index is 14.1. The Balaban J connectivity index is 1.47. The van der Waals surface area contributed by atoms with E-state index in [4.69, 9.17) is 15.1 Å². The van der Waals surface area contributed by atoms with Crippen molar-refractivity contribution in [2.24, 2.45) is 9.98 Å². The van der Waals surface area contributed by atoms with E-state index in [2.05, 4.69) is 10.3 Å². The van der Waals surface area contributed by atoms with Gasteiger partial charge in [0, 0.05) is 17.4 Å². The highest BCUT2D eigenvalue weighted by Gasteiger charge is 2.41. The SMILES string of the molecule is Cc1nn(-c2ccccn2)c2c1C(c1ccc(F)cc1)N1C(=N2)C(Nc2cccc(C(F)(F)F)c2)=Nc2ccccc21. The fourth-order valence-corrected chi connectivity index (χ4v) is 5.31. The Bertz CT molecular complexity index is 1880. The molecule has 7 rings (SSSR count). The van der Waals surface area contributed by atoms with E-state index in [0.29, 0.717) is 28.9 Å². The number of rotatable bonds is 3. The Morgan fingerprint density at radius 2 is 1.64 bits per heavy atom. The highest BCUT2D eigenvalue weighted by atomic mass is 19.4. The molecule has 2 aliphatic rings. The third kappa shape index (κ3) is 4.30.